The van der Waals surface area contributed by atoms with Gasteiger partial charge in [-0.05, 0) is 31.4 Å². The van der Waals surface area contributed by atoms with Gasteiger partial charge in [0.15, 0.2) is 0 Å². The molecule has 0 unspecified atom stereocenters. The molecular weight excluding hydrogens is 383 g/mol. The molecular formula is C21H28F3N3O2. The fourth-order valence-electron chi connectivity index (χ4n) is 3.05. The molecule has 8 heteroatoms. The lowest BCUT2D eigenvalue weighted by atomic mass is 10.0. The van der Waals surface area contributed by atoms with E-state index in [2.05, 4.69) is 26.9 Å². The topological polar surface area (TPSA) is 56.3 Å². The van der Waals surface area contributed by atoms with Crippen molar-refractivity contribution in [2.45, 2.75) is 59.2 Å². The van der Waals surface area contributed by atoms with Crippen LogP contribution in [0.1, 0.15) is 51.4 Å². The summed E-state index contributed by atoms with van der Waals surface area (Å²) in [5.41, 5.74) is 1.78. The monoisotopic (exact) mass is 411 g/mol. The van der Waals surface area contributed by atoms with Crippen molar-refractivity contribution in [3.63, 3.8) is 0 Å². The van der Waals surface area contributed by atoms with E-state index in [1.54, 1.807) is 6.07 Å². The molecule has 0 bridgehead atoms. The first-order valence-corrected chi connectivity index (χ1v) is 9.91. The number of anilines is 1. The van der Waals surface area contributed by atoms with Gasteiger partial charge in [-0.25, -0.2) is 9.97 Å². The molecule has 0 radical (unpaired) electrons. The molecule has 0 aliphatic carbocycles. The van der Waals surface area contributed by atoms with Gasteiger partial charge in [0.2, 0.25) is 0 Å². The number of unbranched alkanes of at least 4 members (excludes halogenated alkanes) is 2. The summed E-state index contributed by atoms with van der Waals surface area (Å²) in [5, 5.41) is 3.32. The van der Waals surface area contributed by atoms with E-state index in [9.17, 15) is 13.2 Å². The summed E-state index contributed by atoms with van der Waals surface area (Å²) in [4.78, 5) is 9.36. The van der Waals surface area contributed by atoms with Gasteiger partial charge in [-0.3, -0.25) is 0 Å². The average molecular weight is 411 g/mol. The van der Waals surface area contributed by atoms with Crippen LogP contribution in [-0.2, 0) is 12.8 Å². The van der Waals surface area contributed by atoms with Crippen molar-refractivity contribution in [1.29, 1.82) is 0 Å². The van der Waals surface area contributed by atoms with Gasteiger partial charge >= 0.3 is 6.36 Å². The maximum absolute atomic E-state index is 13.0. The SMILES string of the molecule is CCCCCNc1nc(CC)c(-c2c(OC)cccc2OC(F)(F)F)nc1CC. The first kappa shape index (κ1) is 22.8. The molecule has 160 valence electrons. The fourth-order valence-corrected chi connectivity index (χ4v) is 3.05. The number of rotatable bonds is 10. The van der Waals surface area contributed by atoms with Gasteiger partial charge in [-0.2, -0.15) is 0 Å². The van der Waals surface area contributed by atoms with Crippen molar-refractivity contribution in [3.05, 3.63) is 29.6 Å². The minimum atomic E-state index is -4.82. The molecule has 5 nitrogen and oxygen atoms in total. The van der Waals surface area contributed by atoms with Gasteiger partial charge in [-0.15, -0.1) is 13.2 Å². The number of methoxy groups -OCH3 is 1. The third kappa shape index (κ3) is 5.98. The molecule has 1 heterocycles. The van der Waals surface area contributed by atoms with Crippen LogP contribution >= 0.6 is 0 Å². The van der Waals surface area contributed by atoms with Crippen molar-refractivity contribution >= 4 is 5.82 Å². The number of aromatic nitrogens is 2. The van der Waals surface area contributed by atoms with Crippen LogP contribution < -0.4 is 14.8 Å². The standard InChI is InChI=1S/C21H28F3N3O2/c1-5-8-9-13-25-20-15(7-3)26-19(14(6-2)27-20)18-16(28-4)11-10-12-17(18)29-21(22,23)24/h10-12H,5-9,13H2,1-4H3,(H,25,27). The lowest BCUT2D eigenvalue weighted by Gasteiger charge is -2.19. The van der Waals surface area contributed by atoms with Crippen molar-refractivity contribution in [1.82, 2.24) is 9.97 Å². The molecule has 2 aromatic rings. The predicted octanol–water partition coefficient (Wildman–Crippen LogP) is 5.78. The highest BCUT2D eigenvalue weighted by Crippen LogP contribution is 2.41. The number of alkyl halides is 3. The molecule has 0 saturated heterocycles. The van der Waals surface area contributed by atoms with Crippen LogP contribution in [0, 0.1) is 0 Å². The van der Waals surface area contributed by atoms with Gasteiger partial charge < -0.3 is 14.8 Å². The number of nitrogens with one attached hydrogen (secondary N) is 1. The van der Waals surface area contributed by atoms with Crippen LogP contribution in [0.5, 0.6) is 11.5 Å². The number of benzene rings is 1. The van der Waals surface area contributed by atoms with E-state index in [-0.39, 0.29) is 17.1 Å². The molecule has 0 fully saturated rings. The largest absolute Gasteiger partial charge is 0.573 e. The summed E-state index contributed by atoms with van der Waals surface area (Å²) in [6.07, 6.45) is -0.497. The van der Waals surface area contributed by atoms with Gasteiger partial charge in [0.1, 0.15) is 17.3 Å². The normalized spacial score (nSPS) is 11.4. The van der Waals surface area contributed by atoms with Crippen LogP contribution in [-0.4, -0.2) is 30.0 Å². The Morgan fingerprint density at radius 2 is 1.66 bits per heavy atom. The lowest BCUT2D eigenvalue weighted by molar-refractivity contribution is -0.274. The predicted molar refractivity (Wildman–Crippen MR) is 107 cm³/mol. The second-order valence-electron chi connectivity index (χ2n) is 6.54. The van der Waals surface area contributed by atoms with Gasteiger partial charge in [0.25, 0.3) is 0 Å². The molecule has 1 aromatic heterocycles. The van der Waals surface area contributed by atoms with Gasteiger partial charge in [0.05, 0.1) is 29.8 Å². The zero-order valence-corrected chi connectivity index (χ0v) is 17.3. The molecule has 0 saturated carbocycles. The van der Waals surface area contributed by atoms with Gasteiger partial charge in [0, 0.05) is 6.54 Å². The van der Waals surface area contributed by atoms with Crippen molar-refractivity contribution in [3.8, 4) is 22.8 Å². The Bertz CT molecular complexity index is 810. The molecule has 0 aliphatic heterocycles. The molecule has 1 aromatic carbocycles. The highest BCUT2D eigenvalue weighted by atomic mass is 19.4. The fraction of sp³-hybridized carbons (Fsp3) is 0.524. The Labute approximate surface area is 169 Å². The Hall–Kier alpha value is -2.51. The zero-order chi connectivity index (χ0) is 21.4. The van der Waals surface area contributed by atoms with Crippen LogP contribution in [0.15, 0.2) is 18.2 Å². The smallest absolute Gasteiger partial charge is 0.496 e. The number of hydrogen-bond donors (Lipinski definition) is 1. The summed E-state index contributed by atoms with van der Waals surface area (Å²) in [5.74, 6) is 0.574. The summed E-state index contributed by atoms with van der Waals surface area (Å²) in [7, 11) is 1.40. The highest BCUT2D eigenvalue weighted by molar-refractivity contribution is 5.76. The van der Waals surface area contributed by atoms with E-state index in [0.717, 1.165) is 25.8 Å². The molecule has 29 heavy (non-hydrogen) atoms. The minimum Gasteiger partial charge on any atom is -0.496 e. The van der Waals surface area contributed by atoms with Crippen LogP contribution in [0.25, 0.3) is 11.3 Å². The van der Waals surface area contributed by atoms with Crippen LogP contribution in [0.3, 0.4) is 0 Å². The molecule has 1 N–H and O–H groups in total. The average Bonchev–Trinajstić information content (AvgIpc) is 2.69. The lowest BCUT2D eigenvalue weighted by Crippen LogP contribution is -2.18. The second kappa shape index (κ2) is 10.3. The van der Waals surface area contributed by atoms with Crippen LogP contribution in [0.2, 0.25) is 0 Å². The van der Waals surface area contributed by atoms with Crippen molar-refractivity contribution in [2.75, 3.05) is 19.0 Å². The van der Waals surface area contributed by atoms with E-state index >= 15 is 0 Å². The highest BCUT2D eigenvalue weighted by Gasteiger charge is 2.33. The molecule has 0 atom stereocenters. The summed E-state index contributed by atoms with van der Waals surface area (Å²) in [6.45, 7) is 6.73. The van der Waals surface area contributed by atoms with E-state index in [4.69, 9.17) is 4.74 Å². The first-order valence-electron chi connectivity index (χ1n) is 9.91. The third-order valence-corrected chi connectivity index (χ3v) is 4.45. The van der Waals surface area contributed by atoms with Crippen molar-refractivity contribution < 1.29 is 22.6 Å². The number of halogens is 3. The third-order valence-electron chi connectivity index (χ3n) is 4.45. The Kier molecular flexibility index (Phi) is 8.10. The maximum Gasteiger partial charge on any atom is 0.573 e. The molecule has 2 rings (SSSR count). The summed E-state index contributed by atoms with van der Waals surface area (Å²) in [6, 6.07) is 4.30. The minimum absolute atomic E-state index is 0.156. The van der Waals surface area contributed by atoms with Crippen LogP contribution in [0.4, 0.5) is 19.0 Å². The molecule has 0 aliphatic rings. The number of nitrogens with zero attached hydrogens (tertiary/aromatic N) is 2. The maximum atomic E-state index is 13.0. The van der Waals surface area contributed by atoms with Gasteiger partial charge in [-0.1, -0.05) is 39.7 Å². The summed E-state index contributed by atoms with van der Waals surface area (Å²) < 4.78 is 48.5. The Balaban J connectivity index is 2.56. The van der Waals surface area contributed by atoms with E-state index in [1.165, 1.54) is 19.2 Å². The molecule has 0 amide bonds. The Morgan fingerprint density at radius 3 is 2.24 bits per heavy atom. The number of aryl methyl sites for hydroxylation is 2. The second-order valence-corrected chi connectivity index (χ2v) is 6.54. The van der Waals surface area contributed by atoms with E-state index in [0.29, 0.717) is 35.7 Å². The van der Waals surface area contributed by atoms with E-state index in [1.807, 2.05) is 13.8 Å². The molecule has 0 spiro atoms. The first-order chi connectivity index (χ1) is 13.8. The zero-order valence-electron chi connectivity index (χ0n) is 17.3. The van der Waals surface area contributed by atoms with E-state index < -0.39 is 6.36 Å². The number of hydrogen-bond acceptors (Lipinski definition) is 5. The quantitative estimate of drug-likeness (QED) is 0.503. The summed E-state index contributed by atoms with van der Waals surface area (Å²) >= 11 is 0. The van der Waals surface area contributed by atoms with Crippen molar-refractivity contribution in [2.24, 2.45) is 0 Å². The Morgan fingerprint density at radius 1 is 0.966 bits per heavy atom. The number of ether oxygens (including phenoxy) is 2.